The van der Waals surface area contributed by atoms with E-state index < -0.39 is 0 Å². The number of guanidine groups is 1. The first kappa shape index (κ1) is 14.4. The molecule has 3 rings (SSSR count). The zero-order chi connectivity index (χ0) is 14.5. The van der Waals surface area contributed by atoms with Crippen molar-refractivity contribution in [3.05, 3.63) is 35.4 Å². The van der Waals surface area contributed by atoms with Gasteiger partial charge in [0.1, 0.15) is 0 Å². The Balaban J connectivity index is 1.58. The van der Waals surface area contributed by atoms with E-state index in [0.717, 1.165) is 45.1 Å². The van der Waals surface area contributed by atoms with Crippen LogP contribution in [-0.4, -0.2) is 43.1 Å². The van der Waals surface area contributed by atoms with Crippen molar-refractivity contribution in [2.45, 2.75) is 38.8 Å². The van der Waals surface area contributed by atoms with Gasteiger partial charge >= 0.3 is 0 Å². The molecule has 2 aliphatic rings. The molecule has 1 unspecified atom stereocenters. The topological polar surface area (TPSA) is 39.7 Å². The van der Waals surface area contributed by atoms with Crippen LogP contribution >= 0.6 is 0 Å². The average molecular weight is 286 g/mol. The van der Waals surface area contributed by atoms with Gasteiger partial charge in [-0.15, -0.1) is 0 Å². The summed E-state index contributed by atoms with van der Waals surface area (Å²) in [6, 6.07) is 9.42. The predicted octanol–water partition coefficient (Wildman–Crippen LogP) is 1.76. The highest BCUT2D eigenvalue weighted by molar-refractivity contribution is 5.80. The lowest BCUT2D eigenvalue weighted by atomic mass is 9.98. The van der Waals surface area contributed by atoms with Crippen LogP contribution in [0, 0.1) is 0 Å². The van der Waals surface area contributed by atoms with E-state index in [9.17, 15) is 0 Å². The van der Waals surface area contributed by atoms with E-state index in [1.165, 1.54) is 24.0 Å². The monoisotopic (exact) mass is 286 g/mol. The summed E-state index contributed by atoms with van der Waals surface area (Å²) in [7, 11) is 0. The second-order valence-corrected chi connectivity index (χ2v) is 5.94. The van der Waals surface area contributed by atoms with Gasteiger partial charge in [-0.05, 0) is 30.4 Å². The van der Waals surface area contributed by atoms with Gasteiger partial charge in [-0.3, -0.25) is 9.89 Å². The summed E-state index contributed by atoms with van der Waals surface area (Å²) < 4.78 is 0. The summed E-state index contributed by atoms with van der Waals surface area (Å²) in [5.74, 6) is 0.983. The summed E-state index contributed by atoms with van der Waals surface area (Å²) in [4.78, 5) is 7.10. The molecule has 1 atom stereocenters. The summed E-state index contributed by atoms with van der Waals surface area (Å²) in [6.07, 6.45) is 3.49. The summed E-state index contributed by atoms with van der Waals surface area (Å²) in [6.45, 7) is 7.49. The van der Waals surface area contributed by atoms with Crippen molar-refractivity contribution in [2.24, 2.45) is 4.99 Å². The molecule has 0 aliphatic carbocycles. The highest BCUT2D eigenvalue weighted by Crippen LogP contribution is 2.21. The van der Waals surface area contributed by atoms with Crippen molar-refractivity contribution >= 4 is 5.96 Å². The molecule has 21 heavy (non-hydrogen) atoms. The Morgan fingerprint density at radius 2 is 2.19 bits per heavy atom. The van der Waals surface area contributed by atoms with Gasteiger partial charge in [0.2, 0.25) is 0 Å². The Kier molecular flexibility index (Phi) is 4.76. The number of rotatable bonds is 4. The fourth-order valence-electron chi connectivity index (χ4n) is 3.23. The Bertz CT molecular complexity index is 497. The fraction of sp³-hybridized carbons (Fsp3) is 0.588. The van der Waals surface area contributed by atoms with Crippen LogP contribution in [0.25, 0.3) is 0 Å². The number of hydrogen-bond donors (Lipinski definition) is 2. The molecule has 0 saturated heterocycles. The summed E-state index contributed by atoms with van der Waals surface area (Å²) in [5, 5.41) is 6.83. The fourth-order valence-corrected chi connectivity index (χ4v) is 3.23. The van der Waals surface area contributed by atoms with Crippen LogP contribution in [0.2, 0.25) is 0 Å². The molecule has 0 radical (unpaired) electrons. The molecular formula is C17H26N4. The van der Waals surface area contributed by atoms with Crippen molar-refractivity contribution in [3.63, 3.8) is 0 Å². The lowest BCUT2D eigenvalue weighted by Crippen LogP contribution is -2.49. The smallest absolute Gasteiger partial charge is 0.191 e. The third-order valence-corrected chi connectivity index (χ3v) is 4.55. The molecule has 0 bridgehead atoms. The van der Waals surface area contributed by atoms with Gasteiger partial charge in [0.15, 0.2) is 5.96 Å². The summed E-state index contributed by atoms with van der Waals surface area (Å²) >= 11 is 0. The first-order chi connectivity index (χ1) is 10.4. The van der Waals surface area contributed by atoms with Crippen LogP contribution < -0.4 is 10.6 Å². The maximum absolute atomic E-state index is 4.49. The van der Waals surface area contributed by atoms with Gasteiger partial charge in [0, 0.05) is 38.8 Å². The molecule has 0 saturated carbocycles. The Morgan fingerprint density at radius 1 is 1.33 bits per heavy atom. The van der Waals surface area contributed by atoms with Crippen LogP contribution in [0.1, 0.15) is 30.9 Å². The number of nitrogens with zero attached hydrogens (tertiary/aromatic N) is 2. The van der Waals surface area contributed by atoms with Gasteiger partial charge in [0.25, 0.3) is 0 Å². The molecule has 0 amide bonds. The van der Waals surface area contributed by atoms with Crippen molar-refractivity contribution in [1.29, 1.82) is 0 Å². The number of hydrogen-bond acceptors (Lipinski definition) is 4. The quantitative estimate of drug-likeness (QED) is 0.886. The lowest BCUT2D eigenvalue weighted by molar-refractivity contribution is 0.174. The maximum atomic E-state index is 4.49. The van der Waals surface area contributed by atoms with Crippen LogP contribution in [-0.2, 0) is 13.0 Å². The molecule has 1 aromatic carbocycles. The Morgan fingerprint density at radius 3 is 2.95 bits per heavy atom. The normalized spacial score (nSPS) is 20.1. The van der Waals surface area contributed by atoms with Gasteiger partial charge in [-0.25, -0.2) is 0 Å². The maximum Gasteiger partial charge on any atom is 0.191 e. The molecular weight excluding hydrogens is 260 g/mol. The number of benzene rings is 1. The van der Waals surface area contributed by atoms with Crippen molar-refractivity contribution in [1.82, 2.24) is 15.5 Å². The van der Waals surface area contributed by atoms with E-state index in [0.29, 0.717) is 6.04 Å². The third-order valence-electron chi connectivity index (χ3n) is 4.55. The second-order valence-electron chi connectivity index (χ2n) is 5.94. The summed E-state index contributed by atoms with van der Waals surface area (Å²) in [5.41, 5.74) is 3.02. The van der Waals surface area contributed by atoms with Crippen LogP contribution in [0.3, 0.4) is 0 Å². The predicted molar refractivity (Wildman–Crippen MR) is 87.6 cm³/mol. The van der Waals surface area contributed by atoms with E-state index in [1.54, 1.807) is 0 Å². The van der Waals surface area contributed by atoms with Gasteiger partial charge in [-0.1, -0.05) is 31.2 Å². The molecule has 0 fully saturated rings. The third kappa shape index (κ3) is 3.56. The Labute approximate surface area is 127 Å². The minimum atomic E-state index is 0.574. The van der Waals surface area contributed by atoms with Gasteiger partial charge < -0.3 is 10.6 Å². The zero-order valence-electron chi connectivity index (χ0n) is 12.9. The minimum absolute atomic E-state index is 0.574. The number of fused-ring (bicyclic) bond motifs is 1. The van der Waals surface area contributed by atoms with Crippen LogP contribution in [0.4, 0.5) is 0 Å². The van der Waals surface area contributed by atoms with Crippen LogP contribution in [0.15, 0.2) is 29.3 Å². The Hall–Kier alpha value is -1.55. The highest BCUT2D eigenvalue weighted by Gasteiger charge is 2.22. The lowest BCUT2D eigenvalue weighted by Gasteiger charge is -2.35. The molecule has 0 aromatic heterocycles. The number of aliphatic imine (C=N–C) groups is 1. The largest absolute Gasteiger partial charge is 0.356 e. The van der Waals surface area contributed by atoms with E-state index in [4.69, 9.17) is 0 Å². The molecule has 4 nitrogen and oxygen atoms in total. The molecule has 2 N–H and O–H groups in total. The molecule has 4 heteroatoms. The molecule has 114 valence electrons. The van der Waals surface area contributed by atoms with E-state index >= 15 is 0 Å². The van der Waals surface area contributed by atoms with Gasteiger partial charge in [-0.2, -0.15) is 0 Å². The van der Waals surface area contributed by atoms with Crippen LogP contribution in [0.5, 0.6) is 0 Å². The van der Waals surface area contributed by atoms with E-state index in [1.807, 2.05) is 0 Å². The minimum Gasteiger partial charge on any atom is -0.356 e. The molecule has 0 spiro atoms. The van der Waals surface area contributed by atoms with Crippen molar-refractivity contribution < 1.29 is 0 Å². The van der Waals surface area contributed by atoms with E-state index in [-0.39, 0.29) is 0 Å². The number of nitrogens with one attached hydrogen (secondary N) is 2. The van der Waals surface area contributed by atoms with Crippen molar-refractivity contribution in [2.75, 3.05) is 26.2 Å². The first-order valence-corrected chi connectivity index (χ1v) is 8.20. The zero-order valence-corrected chi connectivity index (χ0v) is 12.9. The molecule has 2 heterocycles. The van der Waals surface area contributed by atoms with Crippen molar-refractivity contribution in [3.8, 4) is 0 Å². The average Bonchev–Trinajstić information content (AvgIpc) is 2.56. The molecule has 2 aliphatic heterocycles. The van der Waals surface area contributed by atoms with E-state index in [2.05, 4.69) is 51.7 Å². The van der Waals surface area contributed by atoms with Gasteiger partial charge in [0.05, 0.1) is 0 Å². The highest BCUT2D eigenvalue weighted by atomic mass is 15.2. The standard InChI is InChI=1S/C17H26N4/c1-2-16(12-20-17-18-9-5-10-19-17)21-11-8-14-6-3-4-7-15(14)13-21/h3-4,6-7,16H,2,5,8-13H2,1H3,(H2,18,19,20). The second kappa shape index (κ2) is 6.94. The molecule has 1 aromatic rings. The first-order valence-electron chi connectivity index (χ1n) is 8.20. The SMILES string of the molecule is CCC(CNC1=NCCCN1)N1CCc2ccccc2C1.